The summed E-state index contributed by atoms with van der Waals surface area (Å²) in [7, 11) is -9.91. The Morgan fingerprint density at radius 2 is 0.500 bits per heavy atom. The number of hydrogen-bond donors (Lipinski definition) is 3. The molecule has 19 heteroatoms. The molecule has 546 valence electrons. The van der Waals surface area contributed by atoms with Crippen molar-refractivity contribution in [3.05, 3.63) is 0 Å². The summed E-state index contributed by atoms with van der Waals surface area (Å²) in [5.74, 6) is -0.662. The van der Waals surface area contributed by atoms with Crippen LogP contribution in [0, 0.1) is 11.8 Å². The number of rotatable bonds is 72. The molecule has 0 aromatic carbocycles. The molecule has 0 radical (unpaired) electrons. The van der Waals surface area contributed by atoms with E-state index < -0.39 is 97.5 Å². The SMILES string of the molecule is CCCCCCCCCCCCCCCCCC(=O)O[C@H](COC(=O)CCCCCCCCCCCCCCCC)COP(=O)(O)OC[C@@H](O)COP(=O)(O)OC[C@@H](COC(=O)CCCCCCCCCC(C)C)OC(=O)CCCCCCCCCCCCC(C)C. The summed E-state index contributed by atoms with van der Waals surface area (Å²) in [4.78, 5) is 72.7. The molecule has 0 aliphatic carbocycles. The zero-order chi connectivity index (χ0) is 67.9. The number of ether oxygens (including phenoxy) is 4. The smallest absolute Gasteiger partial charge is 0.462 e. The van der Waals surface area contributed by atoms with Gasteiger partial charge in [0.05, 0.1) is 26.4 Å². The van der Waals surface area contributed by atoms with Crippen molar-refractivity contribution in [1.82, 2.24) is 0 Å². The van der Waals surface area contributed by atoms with E-state index in [-0.39, 0.29) is 25.7 Å². The Balaban J connectivity index is 5.25. The first-order valence-corrected chi connectivity index (χ1v) is 41.0. The van der Waals surface area contributed by atoms with Crippen molar-refractivity contribution in [1.29, 1.82) is 0 Å². The topological polar surface area (TPSA) is 237 Å². The number of phosphoric acid groups is 2. The van der Waals surface area contributed by atoms with Crippen LogP contribution in [0.5, 0.6) is 0 Å². The molecule has 0 aliphatic rings. The van der Waals surface area contributed by atoms with Gasteiger partial charge in [-0.1, -0.05) is 324 Å². The van der Waals surface area contributed by atoms with Crippen molar-refractivity contribution in [2.24, 2.45) is 11.8 Å². The first-order chi connectivity index (χ1) is 44.4. The van der Waals surface area contributed by atoms with Gasteiger partial charge in [-0.2, -0.15) is 0 Å². The predicted octanol–water partition coefficient (Wildman–Crippen LogP) is 21.2. The lowest BCUT2D eigenvalue weighted by Gasteiger charge is -2.21. The van der Waals surface area contributed by atoms with Crippen molar-refractivity contribution in [2.75, 3.05) is 39.6 Å². The summed E-state index contributed by atoms with van der Waals surface area (Å²) in [6.45, 7) is 9.51. The van der Waals surface area contributed by atoms with Gasteiger partial charge in [0.1, 0.15) is 19.3 Å². The van der Waals surface area contributed by atoms with Crippen LogP contribution in [0.2, 0.25) is 0 Å². The molecule has 0 saturated carbocycles. The lowest BCUT2D eigenvalue weighted by atomic mass is 10.0. The van der Waals surface area contributed by atoms with Gasteiger partial charge in [-0.15, -0.1) is 0 Å². The second kappa shape index (κ2) is 65.0. The molecule has 0 rings (SSSR count). The van der Waals surface area contributed by atoms with Crippen molar-refractivity contribution in [3.63, 3.8) is 0 Å². The minimum Gasteiger partial charge on any atom is -0.462 e. The van der Waals surface area contributed by atoms with Gasteiger partial charge in [0, 0.05) is 25.7 Å². The van der Waals surface area contributed by atoms with E-state index in [2.05, 4.69) is 41.5 Å². The summed E-state index contributed by atoms with van der Waals surface area (Å²) in [5, 5.41) is 10.6. The van der Waals surface area contributed by atoms with Crippen LogP contribution in [-0.4, -0.2) is 96.7 Å². The molecule has 0 spiro atoms. The van der Waals surface area contributed by atoms with Crippen LogP contribution >= 0.6 is 15.6 Å². The number of aliphatic hydroxyl groups excluding tert-OH is 1. The van der Waals surface area contributed by atoms with E-state index in [1.165, 1.54) is 186 Å². The fourth-order valence-electron chi connectivity index (χ4n) is 11.1. The molecule has 17 nitrogen and oxygen atoms in total. The quantitative estimate of drug-likeness (QED) is 0.0222. The maximum absolute atomic E-state index is 13.1. The molecule has 0 aromatic rings. The van der Waals surface area contributed by atoms with Gasteiger partial charge in [-0.3, -0.25) is 37.3 Å². The van der Waals surface area contributed by atoms with E-state index >= 15 is 0 Å². The molecule has 0 bridgehead atoms. The number of aliphatic hydroxyl groups is 1. The van der Waals surface area contributed by atoms with Crippen LogP contribution in [0.15, 0.2) is 0 Å². The van der Waals surface area contributed by atoms with Gasteiger partial charge in [0.15, 0.2) is 12.2 Å². The van der Waals surface area contributed by atoms with Crippen molar-refractivity contribution < 1.29 is 80.2 Å². The lowest BCUT2D eigenvalue weighted by Crippen LogP contribution is -2.30. The minimum absolute atomic E-state index is 0.105. The van der Waals surface area contributed by atoms with E-state index in [4.69, 9.17) is 37.0 Å². The summed E-state index contributed by atoms with van der Waals surface area (Å²) in [6, 6.07) is 0. The molecule has 0 heterocycles. The second-order valence-corrected chi connectivity index (χ2v) is 30.2. The van der Waals surface area contributed by atoms with Crippen molar-refractivity contribution in [3.8, 4) is 0 Å². The molecule has 2 unspecified atom stereocenters. The Hall–Kier alpha value is -1.94. The third-order valence-corrected chi connectivity index (χ3v) is 18.9. The predicted molar refractivity (Wildman–Crippen MR) is 372 cm³/mol. The number of esters is 4. The molecule has 3 N–H and O–H groups in total. The van der Waals surface area contributed by atoms with Crippen LogP contribution in [0.3, 0.4) is 0 Å². The van der Waals surface area contributed by atoms with E-state index in [9.17, 15) is 43.2 Å². The molecular formula is C73H142O17P2. The highest BCUT2D eigenvalue weighted by Crippen LogP contribution is 2.45. The van der Waals surface area contributed by atoms with Crippen molar-refractivity contribution >= 4 is 39.5 Å². The van der Waals surface area contributed by atoms with E-state index in [1.54, 1.807) is 0 Å². The lowest BCUT2D eigenvalue weighted by molar-refractivity contribution is -0.161. The van der Waals surface area contributed by atoms with Gasteiger partial charge in [0.2, 0.25) is 0 Å². The average Bonchev–Trinajstić information content (AvgIpc) is 1.58. The monoisotopic (exact) mass is 1350 g/mol. The molecule has 0 saturated heterocycles. The zero-order valence-corrected chi connectivity index (χ0v) is 61.6. The zero-order valence-electron chi connectivity index (χ0n) is 59.9. The van der Waals surface area contributed by atoms with Gasteiger partial charge in [-0.25, -0.2) is 9.13 Å². The Kier molecular flexibility index (Phi) is 63.7. The van der Waals surface area contributed by atoms with Crippen LogP contribution in [0.4, 0.5) is 0 Å². The Morgan fingerprint density at radius 1 is 0.293 bits per heavy atom. The number of unbranched alkanes of at least 4 members (excludes halogenated alkanes) is 42. The fourth-order valence-corrected chi connectivity index (χ4v) is 12.7. The number of carbonyl (C=O) groups is 4. The first kappa shape index (κ1) is 90.1. The average molecular weight is 1350 g/mol. The highest BCUT2D eigenvalue weighted by molar-refractivity contribution is 7.47. The molecule has 92 heavy (non-hydrogen) atoms. The number of phosphoric ester groups is 2. The Bertz CT molecular complexity index is 1790. The van der Waals surface area contributed by atoms with Gasteiger partial charge in [-0.05, 0) is 37.5 Å². The fraction of sp³-hybridized carbons (Fsp3) is 0.945. The molecule has 0 aromatic heterocycles. The normalized spacial score (nSPS) is 14.1. The molecule has 0 fully saturated rings. The summed E-state index contributed by atoms with van der Waals surface area (Å²) >= 11 is 0. The van der Waals surface area contributed by atoms with Crippen LogP contribution in [0.1, 0.15) is 375 Å². The maximum Gasteiger partial charge on any atom is 0.472 e. The van der Waals surface area contributed by atoms with Crippen LogP contribution < -0.4 is 0 Å². The Labute approximate surface area is 562 Å². The summed E-state index contributed by atoms with van der Waals surface area (Å²) in [6.07, 6.45) is 51.3. The number of hydrogen-bond acceptors (Lipinski definition) is 15. The van der Waals surface area contributed by atoms with E-state index in [0.29, 0.717) is 31.6 Å². The van der Waals surface area contributed by atoms with Crippen molar-refractivity contribution in [2.45, 2.75) is 394 Å². The number of carbonyl (C=O) groups excluding carboxylic acids is 4. The highest BCUT2D eigenvalue weighted by Gasteiger charge is 2.30. The summed E-state index contributed by atoms with van der Waals surface area (Å²) in [5.41, 5.74) is 0. The van der Waals surface area contributed by atoms with Gasteiger partial charge < -0.3 is 33.8 Å². The minimum atomic E-state index is -4.95. The largest absolute Gasteiger partial charge is 0.472 e. The van der Waals surface area contributed by atoms with E-state index in [0.717, 1.165) is 102 Å². The third-order valence-electron chi connectivity index (χ3n) is 17.0. The standard InChI is InChI=1S/C73H142O17P2/c1-7-9-11-13-15-17-19-21-23-25-27-32-38-45-51-57-72(77)89-68(61-83-70(75)55-49-43-37-31-26-24-22-20-18-16-14-12-10-8-2)63-87-91(79,80)85-59-67(74)60-86-92(81,82)88-64-69(62-84-71(76)56-50-44-40-34-36-42-48-54-66(5)6)90-73(78)58-52-46-39-33-29-28-30-35-41-47-53-65(3)4/h65-69,74H,7-64H2,1-6H3,(H,79,80)(H,81,82)/t67-,68-,69-/m1/s1. The second-order valence-electron chi connectivity index (χ2n) is 27.3. The Morgan fingerprint density at radius 3 is 0.739 bits per heavy atom. The molecule has 0 amide bonds. The first-order valence-electron chi connectivity index (χ1n) is 38.0. The van der Waals surface area contributed by atoms with Crippen LogP contribution in [0.25, 0.3) is 0 Å². The van der Waals surface area contributed by atoms with E-state index in [1.807, 2.05) is 0 Å². The molecular weight excluding hydrogens is 1210 g/mol. The van der Waals surface area contributed by atoms with Crippen LogP contribution in [-0.2, 0) is 65.4 Å². The summed E-state index contributed by atoms with van der Waals surface area (Å²) < 4.78 is 68.4. The van der Waals surface area contributed by atoms with Gasteiger partial charge in [0.25, 0.3) is 0 Å². The third kappa shape index (κ3) is 66.7. The maximum atomic E-state index is 13.1. The highest BCUT2D eigenvalue weighted by atomic mass is 31.2. The van der Waals surface area contributed by atoms with Gasteiger partial charge >= 0.3 is 39.5 Å². The molecule has 0 aliphatic heterocycles. The molecule has 5 atom stereocenters.